The Balaban J connectivity index is 2.40. The highest BCUT2D eigenvalue weighted by molar-refractivity contribution is 6.30. The summed E-state index contributed by atoms with van der Waals surface area (Å²) in [5.41, 5.74) is 3.29. The number of rotatable bonds is 4. The van der Waals surface area contributed by atoms with Gasteiger partial charge in [0.2, 0.25) is 0 Å². The Morgan fingerprint density at radius 1 is 1.00 bits per heavy atom. The lowest BCUT2D eigenvalue weighted by atomic mass is 9.99. The van der Waals surface area contributed by atoms with Crippen LogP contribution in [0.25, 0.3) is 5.57 Å². The van der Waals surface area contributed by atoms with Crippen LogP contribution in [0.1, 0.15) is 18.1 Å². The van der Waals surface area contributed by atoms with Crippen molar-refractivity contribution in [1.82, 2.24) is 0 Å². The molecule has 0 saturated heterocycles. The fourth-order valence-electron chi connectivity index (χ4n) is 1.72. The number of benzene rings is 2. The number of halogens is 1. The molecule has 0 aliphatic rings. The second kappa shape index (κ2) is 6.27. The predicted octanol–water partition coefficient (Wildman–Crippen LogP) is 4.77. The van der Waals surface area contributed by atoms with E-state index in [0.717, 1.165) is 21.7 Å². The van der Waals surface area contributed by atoms with Gasteiger partial charge in [-0.2, -0.15) is 0 Å². The molecule has 0 radical (unpaired) electrons. The first kappa shape index (κ1) is 12.7. The summed E-state index contributed by atoms with van der Waals surface area (Å²) in [4.78, 5) is 0. The van der Waals surface area contributed by atoms with Gasteiger partial charge in [-0.05, 0) is 30.2 Å². The van der Waals surface area contributed by atoms with E-state index in [9.17, 15) is 0 Å². The van der Waals surface area contributed by atoms with Crippen LogP contribution in [0.2, 0.25) is 5.02 Å². The highest BCUT2D eigenvalue weighted by Crippen LogP contribution is 2.24. The Morgan fingerprint density at radius 3 is 2.22 bits per heavy atom. The highest BCUT2D eigenvalue weighted by Gasteiger charge is 2.05. The van der Waals surface area contributed by atoms with Crippen molar-refractivity contribution >= 4 is 17.2 Å². The third kappa shape index (κ3) is 3.14. The van der Waals surface area contributed by atoms with Crippen LogP contribution < -0.4 is 0 Å². The van der Waals surface area contributed by atoms with Crippen molar-refractivity contribution in [2.75, 3.05) is 6.61 Å². The van der Waals surface area contributed by atoms with Crippen molar-refractivity contribution in [1.29, 1.82) is 0 Å². The molecule has 1 nitrogen and oxygen atoms in total. The van der Waals surface area contributed by atoms with E-state index in [2.05, 4.69) is 12.1 Å². The zero-order chi connectivity index (χ0) is 12.8. The standard InChI is InChI=1S/C16H15ClO/c1-2-18-12-16(13-6-4-3-5-7-13)14-8-10-15(17)11-9-14/h3-12H,2H2,1H3/b16-12+. The smallest absolute Gasteiger partial charge is 0.0913 e. The molecule has 0 N–H and O–H groups in total. The maximum absolute atomic E-state index is 5.92. The van der Waals surface area contributed by atoms with Crippen molar-refractivity contribution in [3.05, 3.63) is 77.0 Å². The summed E-state index contributed by atoms with van der Waals surface area (Å²) in [7, 11) is 0. The molecule has 18 heavy (non-hydrogen) atoms. The van der Waals surface area contributed by atoms with Gasteiger partial charge in [0.25, 0.3) is 0 Å². The van der Waals surface area contributed by atoms with Gasteiger partial charge in [-0.25, -0.2) is 0 Å². The van der Waals surface area contributed by atoms with Crippen LogP contribution in [-0.4, -0.2) is 6.61 Å². The van der Waals surface area contributed by atoms with Crippen LogP contribution in [0.15, 0.2) is 60.9 Å². The topological polar surface area (TPSA) is 9.23 Å². The maximum atomic E-state index is 5.92. The highest BCUT2D eigenvalue weighted by atomic mass is 35.5. The van der Waals surface area contributed by atoms with Crippen LogP contribution in [-0.2, 0) is 4.74 Å². The third-order valence-electron chi connectivity index (χ3n) is 2.61. The SMILES string of the molecule is CCO/C=C(\c1ccccc1)c1ccc(Cl)cc1. The van der Waals surface area contributed by atoms with Gasteiger partial charge in [-0.3, -0.25) is 0 Å². The summed E-state index contributed by atoms with van der Waals surface area (Å²) in [5.74, 6) is 0. The van der Waals surface area contributed by atoms with Gasteiger partial charge in [-0.15, -0.1) is 0 Å². The monoisotopic (exact) mass is 258 g/mol. The maximum Gasteiger partial charge on any atom is 0.0913 e. The molecule has 0 amide bonds. The average molecular weight is 259 g/mol. The fraction of sp³-hybridized carbons (Fsp3) is 0.125. The Labute approximate surface area is 113 Å². The second-order valence-electron chi connectivity index (χ2n) is 3.86. The Kier molecular flexibility index (Phi) is 4.43. The fourth-order valence-corrected chi connectivity index (χ4v) is 1.84. The molecule has 0 aromatic heterocycles. The lowest BCUT2D eigenvalue weighted by Gasteiger charge is -2.08. The van der Waals surface area contributed by atoms with Crippen LogP contribution >= 0.6 is 11.6 Å². The van der Waals surface area contributed by atoms with E-state index in [1.165, 1.54) is 0 Å². The quantitative estimate of drug-likeness (QED) is 0.718. The first-order valence-corrected chi connectivity index (χ1v) is 6.32. The molecule has 92 valence electrons. The van der Waals surface area contributed by atoms with E-state index in [1.807, 2.05) is 49.4 Å². The van der Waals surface area contributed by atoms with Crippen LogP contribution in [0.4, 0.5) is 0 Å². The van der Waals surface area contributed by atoms with Crippen molar-refractivity contribution < 1.29 is 4.74 Å². The van der Waals surface area contributed by atoms with E-state index < -0.39 is 0 Å². The first-order valence-electron chi connectivity index (χ1n) is 5.94. The van der Waals surface area contributed by atoms with Gasteiger partial charge in [0.05, 0.1) is 12.9 Å². The lowest BCUT2D eigenvalue weighted by molar-refractivity contribution is 0.271. The molecular formula is C16H15ClO. The van der Waals surface area contributed by atoms with E-state index in [1.54, 1.807) is 6.26 Å². The van der Waals surface area contributed by atoms with Crippen molar-refractivity contribution in [3.8, 4) is 0 Å². The predicted molar refractivity (Wildman–Crippen MR) is 76.6 cm³/mol. The molecule has 0 atom stereocenters. The summed E-state index contributed by atoms with van der Waals surface area (Å²) in [6.07, 6.45) is 1.80. The molecule has 0 heterocycles. The van der Waals surface area contributed by atoms with E-state index in [-0.39, 0.29) is 0 Å². The second-order valence-corrected chi connectivity index (χ2v) is 4.30. The number of ether oxygens (including phenoxy) is 1. The Morgan fingerprint density at radius 2 is 1.61 bits per heavy atom. The summed E-state index contributed by atoms with van der Waals surface area (Å²) >= 11 is 5.92. The normalized spacial score (nSPS) is 11.3. The Hall–Kier alpha value is -1.73. The summed E-state index contributed by atoms with van der Waals surface area (Å²) in [6.45, 7) is 2.63. The van der Waals surface area contributed by atoms with Gasteiger partial charge in [-0.1, -0.05) is 54.1 Å². The van der Waals surface area contributed by atoms with Gasteiger partial charge in [0.1, 0.15) is 0 Å². The van der Waals surface area contributed by atoms with Crippen molar-refractivity contribution in [2.45, 2.75) is 6.92 Å². The molecule has 2 rings (SSSR count). The summed E-state index contributed by atoms with van der Waals surface area (Å²) in [6, 6.07) is 18.0. The van der Waals surface area contributed by atoms with Crippen LogP contribution in [0.5, 0.6) is 0 Å². The van der Waals surface area contributed by atoms with Gasteiger partial charge in [0.15, 0.2) is 0 Å². The number of hydrogen-bond acceptors (Lipinski definition) is 1. The molecule has 0 spiro atoms. The van der Waals surface area contributed by atoms with E-state index in [4.69, 9.17) is 16.3 Å². The van der Waals surface area contributed by atoms with E-state index in [0.29, 0.717) is 6.61 Å². The molecule has 0 unspecified atom stereocenters. The largest absolute Gasteiger partial charge is 0.501 e. The molecule has 0 aliphatic heterocycles. The molecule has 2 aromatic carbocycles. The molecule has 2 heteroatoms. The molecule has 0 fully saturated rings. The summed E-state index contributed by atoms with van der Waals surface area (Å²) in [5, 5.41) is 0.738. The minimum Gasteiger partial charge on any atom is -0.501 e. The van der Waals surface area contributed by atoms with Crippen LogP contribution in [0, 0.1) is 0 Å². The van der Waals surface area contributed by atoms with Crippen LogP contribution in [0.3, 0.4) is 0 Å². The molecule has 0 saturated carbocycles. The zero-order valence-corrected chi connectivity index (χ0v) is 11.0. The third-order valence-corrected chi connectivity index (χ3v) is 2.86. The van der Waals surface area contributed by atoms with Gasteiger partial charge >= 0.3 is 0 Å². The molecule has 0 bridgehead atoms. The first-order chi connectivity index (χ1) is 8.81. The number of hydrogen-bond donors (Lipinski definition) is 0. The average Bonchev–Trinajstić information content (AvgIpc) is 2.42. The Bertz CT molecular complexity index is 515. The molecular weight excluding hydrogens is 244 g/mol. The lowest BCUT2D eigenvalue weighted by Crippen LogP contribution is -1.90. The van der Waals surface area contributed by atoms with Crippen molar-refractivity contribution in [3.63, 3.8) is 0 Å². The summed E-state index contributed by atoms with van der Waals surface area (Å²) < 4.78 is 5.44. The van der Waals surface area contributed by atoms with Crippen molar-refractivity contribution in [2.24, 2.45) is 0 Å². The van der Waals surface area contributed by atoms with Gasteiger partial charge < -0.3 is 4.74 Å². The minimum absolute atomic E-state index is 0.657. The molecule has 2 aromatic rings. The zero-order valence-electron chi connectivity index (χ0n) is 10.3. The minimum atomic E-state index is 0.657. The van der Waals surface area contributed by atoms with E-state index >= 15 is 0 Å². The molecule has 0 aliphatic carbocycles. The van der Waals surface area contributed by atoms with Gasteiger partial charge in [0, 0.05) is 10.6 Å².